The van der Waals surface area contributed by atoms with Crippen LogP contribution in [0.5, 0.6) is 0 Å². The summed E-state index contributed by atoms with van der Waals surface area (Å²) in [6.07, 6.45) is 1.50. The zero-order valence-corrected chi connectivity index (χ0v) is 11.4. The van der Waals surface area contributed by atoms with Crippen LogP contribution in [0.4, 0.5) is 0 Å². The van der Waals surface area contributed by atoms with Crippen LogP contribution < -0.4 is 0 Å². The van der Waals surface area contributed by atoms with E-state index in [0.29, 0.717) is 18.0 Å². The lowest BCUT2D eigenvalue weighted by atomic mass is 9.90. The fourth-order valence-electron chi connectivity index (χ4n) is 3.18. The lowest BCUT2D eigenvalue weighted by Crippen LogP contribution is -2.37. The Labute approximate surface area is 116 Å². The highest BCUT2D eigenvalue weighted by Crippen LogP contribution is 2.43. The van der Waals surface area contributed by atoms with Crippen LogP contribution in [0, 0.1) is 5.92 Å². The van der Waals surface area contributed by atoms with Crippen LogP contribution >= 0.6 is 11.6 Å². The van der Waals surface area contributed by atoms with Crippen LogP contribution in [0.25, 0.3) is 0 Å². The molecule has 2 fully saturated rings. The van der Waals surface area contributed by atoms with Crippen molar-refractivity contribution in [1.29, 1.82) is 0 Å². The molecule has 0 bridgehead atoms. The molecular formula is C14H15ClN2O2. The summed E-state index contributed by atoms with van der Waals surface area (Å²) in [4.78, 5) is 23.3. The summed E-state index contributed by atoms with van der Waals surface area (Å²) >= 11 is 5.90. The van der Waals surface area contributed by atoms with E-state index in [1.54, 1.807) is 5.01 Å². The van der Waals surface area contributed by atoms with Gasteiger partial charge in [0.05, 0.1) is 18.0 Å². The first kappa shape index (κ1) is 12.6. The highest BCUT2D eigenvalue weighted by molar-refractivity contribution is 6.30. The third-order valence-electron chi connectivity index (χ3n) is 4.08. The first-order valence-electron chi connectivity index (χ1n) is 6.43. The van der Waals surface area contributed by atoms with Crippen molar-refractivity contribution in [3.8, 4) is 0 Å². The number of hydrogen-bond donors (Lipinski definition) is 0. The van der Waals surface area contributed by atoms with E-state index in [0.717, 1.165) is 11.8 Å². The third-order valence-corrected chi connectivity index (χ3v) is 4.34. The normalized spacial score (nSPS) is 30.7. The minimum Gasteiger partial charge on any atom is -0.303 e. The van der Waals surface area contributed by atoms with Crippen LogP contribution in [0.2, 0.25) is 5.02 Å². The summed E-state index contributed by atoms with van der Waals surface area (Å²) in [5.41, 5.74) is 1.03. The molecular weight excluding hydrogens is 264 g/mol. The van der Waals surface area contributed by atoms with Crippen LogP contribution in [-0.4, -0.2) is 34.8 Å². The molecule has 2 saturated heterocycles. The van der Waals surface area contributed by atoms with Gasteiger partial charge in [0.2, 0.25) is 5.91 Å². The summed E-state index contributed by atoms with van der Waals surface area (Å²) in [5.74, 6) is -0.0822. The molecule has 0 N–H and O–H groups in total. The molecule has 0 aliphatic carbocycles. The van der Waals surface area contributed by atoms with E-state index >= 15 is 0 Å². The van der Waals surface area contributed by atoms with Crippen molar-refractivity contribution in [2.45, 2.75) is 25.4 Å². The zero-order valence-electron chi connectivity index (χ0n) is 10.6. The van der Waals surface area contributed by atoms with Crippen molar-refractivity contribution >= 4 is 23.8 Å². The molecule has 1 aromatic carbocycles. The Morgan fingerprint density at radius 2 is 2.00 bits per heavy atom. The number of fused-ring (bicyclic) bond motifs is 1. The average molecular weight is 279 g/mol. The lowest BCUT2D eigenvalue weighted by Gasteiger charge is -2.26. The second kappa shape index (κ2) is 4.62. The van der Waals surface area contributed by atoms with E-state index in [-0.39, 0.29) is 23.9 Å². The van der Waals surface area contributed by atoms with Gasteiger partial charge in [0.25, 0.3) is 0 Å². The van der Waals surface area contributed by atoms with Crippen LogP contribution in [0.3, 0.4) is 0 Å². The number of carbonyl (C=O) groups excluding carboxylic acids is 2. The van der Waals surface area contributed by atoms with Gasteiger partial charge in [-0.1, -0.05) is 23.7 Å². The summed E-state index contributed by atoms with van der Waals surface area (Å²) in [6.45, 7) is 2.62. The Hall–Kier alpha value is -1.39. The number of amides is 1. The maximum absolute atomic E-state index is 11.9. The van der Waals surface area contributed by atoms with Gasteiger partial charge >= 0.3 is 0 Å². The smallest absolute Gasteiger partial charge is 0.238 e. The van der Waals surface area contributed by atoms with E-state index in [1.807, 2.05) is 36.2 Å². The summed E-state index contributed by atoms with van der Waals surface area (Å²) in [5, 5.41) is 4.44. The molecule has 3 atom stereocenters. The quantitative estimate of drug-likeness (QED) is 0.778. The molecule has 2 aliphatic rings. The van der Waals surface area contributed by atoms with Gasteiger partial charge in [0.1, 0.15) is 6.29 Å². The number of carbonyl (C=O) groups is 2. The summed E-state index contributed by atoms with van der Waals surface area (Å²) in [7, 11) is 0. The van der Waals surface area contributed by atoms with Gasteiger partial charge in [-0.25, -0.2) is 5.01 Å². The van der Waals surface area contributed by atoms with Gasteiger partial charge < -0.3 is 4.79 Å². The fourth-order valence-corrected chi connectivity index (χ4v) is 3.30. The highest BCUT2D eigenvalue weighted by Gasteiger charge is 2.50. The van der Waals surface area contributed by atoms with Crippen molar-refractivity contribution in [2.75, 3.05) is 6.54 Å². The monoisotopic (exact) mass is 278 g/mol. The first-order valence-corrected chi connectivity index (χ1v) is 6.80. The van der Waals surface area contributed by atoms with Crippen molar-refractivity contribution in [3.05, 3.63) is 34.9 Å². The SMILES string of the molecule is C[C@@H]1[C@@H](C=O)[C@H](c2ccc(Cl)cc2)N2CCC(=O)N12. The largest absolute Gasteiger partial charge is 0.303 e. The standard InChI is InChI=1S/C14H15ClN2O2/c1-9-12(8-18)14(10-2-4-11(15)5-3-10)16-7-6-13(19)17(9)16/h2-5,8-9,12,14H,6-7H2,1H3/t9-,12-,14+/m1/s1. The molecule has 100 valence electrons. The van der Waals surface area contributed by atoms with Gasteiger partial charge in [-0.2, -0.15) is 0 Å². The minimum atomic E-state index is -0.189. The second-order valence-corrected chi connectivity index (χ2v) is 5.54. The minimum absolute atomic E-state index is 0.0591. The van der Waals surface area contributed by atoms with Gasteiger partial charge in [-0.15, -0.1) is 0 Å². The molecule has 3 rings (SSSR count). The zero-order chi connectivity index (χ0) is 13.6. The Balaban J connectivity index is 2.00. The van der Waals surface area contributed by atoms with Crippen molar-refractivity contribution in [1.82, 2.24) is 10.0 Å². The molecule has 2 aliphatic heterocycles. The first-order chi connectivity index (χ1) is 9.13. The van der Waals surface area contributed by atoms with Gasteiger partial charge in [-0.3, -0.25) is 9.80 Å². The van der Waals surface area contributed by atoms with Gasteiger partial charge in [0.15, 0.2) is 0 Å². The number of halogens is 1. The summed E-state index contributed by atoms with van der Waals surface area (Å²) < 4.78 is 0. The number of hydrazine groups is 1. The molecule has 1 amide bonds. The maximum atomic E-state index is 11.9. The number of aldehydes is 1. The van der Waals surface area contributed by atoms with Crippen molar-refractivity contribution in [2.24, 2.45) is 5.92 Å². The maximum Gasteiger partial charge on any atom is 0.238 e. The topological polar surface area (TPSA) is 40.6 Å². The molecule has 4 nitrogen and oxygen atoms in total. The predicted octanol–water partition coefficient (Wildman–Crippen LogP) is 2.05. The van der Waals surface area contributed by atoms with E-state index in [4.69, 9.17) is 11.6 Å². The number of benzene rings is 1. The Kier molecular flexibility index (Phi) is 3.07. The van der Waals surface area contributed by atoms with E-state index in [9.17, 15) is 9.59 Å². The van der Waals surface area contributed by atoms with Crippen molar-refractivity contribution < 1.29 is 9.59 Å². The van der Waals surface area contributed by atoms with Gasteiger partial charge in [-0.05, 0) is 24.6 Å². The lowest BCUT2D eigenvalue weighted by molar-refractivity contribution is -0.138. The molecule has 5 heteroatoms. The van der Waals surface area contributed by atoms with Crippen LogP contribution in [-0.2, 0) is 9.59 Å². The Bertz CT molecular complexity index is 517. The highest BCUT2D eigenvalue weighted by atomic mass is 35.5. The number of hydrogen-bond acceptors (Lipinski definition) is 3. The molecule has 0 radical (unpaired) electrons. The van der Waals surface area contributed by atoms with E-state index < -0.39 is 0 Å². The molecule has 0 unspecified atom stereocenters. The molecule has 1 aromatic rings. The molecule has 2 heterocycles. The number of rotatable bonds is 2. The molecule has 0 spiro atoms. The van der Waals surface area contributed by atoms with Crippen LogP contribution in [0.15, 0.2) is 24.3 Å². The summed E-state index contributed by atoms with van der Waals surface area (Å²) in [6, 6.07) is 7.38. The molecule has 19 heavy (non-hydrogen) atoms. The third kappa shape index (κ3) is 1.86. The molecule has 0 aromatic heterocycles. The van der Waals surface area contributed by atoms with Crippen LogP contribution in [0.1, 0.15) is 24.9 Å². The number of nitrogens with zero attached hydrogens (tertiary/aromatic N) is 2. The Morgan fingerprint density at radius 1 is 1.32 bits per heavy atom. The Morgan fingerprint density at radius 3 is 2.63 bits per heavy atom. The average Bonchev–Trinajstić information content (AvgIpc) is 2.90. The second-order valence-electron chi connectivity index (χ2n) is 5.10. The fraction of sp³-hybridized carbons (Fsp3) is 0.429. The van der Waals surface area contributed by atoms with E-state index in [2.05, 4.69) is 0 Å². The van der Waals surface area contributed by atoms with Gasteiger partial charge in [0, 0.05) is 18.0 Å². The van der Waals surface area contributed by atoms with E-state index in [1.165, 1.54) is 0 Å². The molecule has 0 saturated carbocycles. The predicted molar refractivity (Wildman–Crippen MR) is 71.4 cm³/mol. The van der Waals surface area contributed by atoms with Crippen molar-refractivity contribution in [3.63, 3.8) is 0 Å².